The van der Waals surface area contributed by atoms with Gasteiger partial charge in [0.15, 0.2) is 0 Å². The quantitative estimate of drug-likeness (QED) is 0.910. The van der Waals surface area contributed by atoms with E-state index < -0.39 is 0 Å². The average molecular weight is 345 g/mol. The van der Waals surface area contributed by atoms with E-state index in [0.29, 0.717) is 12.1 Å². The van der Waals surface area contributed by atoms with Crippen molar-refractivity contribution in [2.24, 2.45) is 0 Å². The zero-order valence-electron chi connectivity index (χ0n) is 14.8. The summed E-state index contributed by atoms with van der Waals surface area (Å²) in [6.45, 7) is 2.92. The zero-order valence-corrected chi connectivity index (χ0v) is 14.8. The fourth-order valence-electron chi connectivity index (χ4n) is 4.79. The number of urea groups is 1. The molecule has 2 bridgehead atoms. The van der Waals surface area contributed by atoms with E-state index in [0.717, 1.165) is 32.5 Å². The number of hydrogen-bond donors (Lipinski definition) is 1. The molecule has 3 saturated heterocycles. The van der Waals surface area contributed by atoms with E-state index in [1.54, 1.807) is 0 Å². The van der Waals surface area contributed by atoms with Crippen molar-refractivity contribution in [2.75, 3.05) is 19.6 Å². The lowest BCUT2D eigenvalue weighted by Crippen LogP contribution is -2.52. The molecule has 0 spiro atoms. The van der Waals surface area contributed by atoms with Crippen molar-refractivity contribution in [2.45, 2.75) is 63.1 Å². The van der Waals surface area contributed by atoms with Crippen LogP contribution in [0.5, 0.6) is 0 Å². The highest BCUT2D eigenvalue weighted by Gasteiger charge is 2.40. The molecule has 3 heterocycles. The van der Waals surface area contributed by atoms with Gasteiger partial charge in [0.2, 0.25) is 0 Å². The second-order valence-electron chi connectivity index (χ2n) is 7.84. The number of rotatable bonds is 4. The minimum absolute atomic E-state index is 0.164. The lowest BCUT2D eigenvalue weighted by atomic mass is 10.0. The number of fused-ring (bicyclic) bond motifs is 2. The Hall–Kier alpha value is -1.62. The lowest BCUT2D eigenvalue weighted by molar-refractivity contribution is 0.144. The van der Waals surface area contributed by atoms with Gasteiger partial charge in [0, 0.05) is 37.8 Å². The fraction of sp³-hybridized carbons (Fsp3) is 0.650. The van der Waals surface area contributed by atoms with Crippen molar-refractivity contribution in [3.05, 3.63) is 35.6 Å². The van der Waals surface area contributed by atoms with E-state index in [1.807, 2.05) is 12.1 Å². The first kappa shape index (κ1) is 16.8. The molecule has 0 aromatic heterocycles. The van der Waals surface area contributed by atoms with Gasteiger partial charge in [-0.25, -0.2) is 9.18 Å². The van der Waals surface area contributed by atoms with Crippen LogP contribution in [0.25, 0.3) is 0 Å². The molecule has 25 heavy (non-hydrogen) atoms. The Balaban J connectivity index is 1.24. The summed E-state index contributed by atoms with van der Waals surface area (Å²) in [6.07, 6.45) is 7.96. The van der Waals surface area contributed by atoms with Gasteiger partial charge in [-0.1, -0.05) is 12.1 Å². The Bertz CT molecular complexity index is 589. The molecule has 5 heteroatoms. The SMILES string of the molecule is O=C(N[C@H]1CCN(CCc2ccc(F)cc2)C1)N1C2CCCC1CC2. The number of likely N-dealkylation sites (tertiary alicyclic amines) is 1. The molecule has 3 fully saturated rings. The summed E-state index contributed by atoms with van der Waals surface area (Å²) < 4.78 is 13.0. The monoisotopic (exact) mass is 345 g/mol. The first-order valence-corrected chi connectivity index (χ1v) is 9.74. The van der Waals surface area contributed by atoms with Gasteiger partial charge in [-0.2, -0.15) is 0 Å². The van der Waals surface area contributed by atoms with Crippen LogP contribution in [0.4, 0.5) is 9.18 Å². The summed E-state index contributed by atoms with van der Waals surface area (Å²) in [5.74, 6) is -0.181. The molecule has 0 saturated carbocycles. The zero-order chi connectivity index (χ0) is 17.2. The summed E-state index contributed by atoms with van der Waals surface area (Å²) >= 11 is 0. The van der Waals surface area contributed by atoms with Crippen LogP contribution in [-0.4, -0.2) is 53.6 Å². The number of amides is 2. The Morgan fingerprint density at radius 3 is 2.52 bits per heavy atom. The van der Waals surface area contributed by atoms with Gasteiger partial charge in [0.25, 0.3) is 0 Å². The highest BCUT2D eigenvalue weighted by atomic mass is 19.1. The Labute approximate surface area is 149 Å². The van der Waals surface area contributed by atoms with E-state index in [4.69, 9.17) is 0 Å². The van der Waals surface area contributed by atoms with Crippen LogP contribution in [-0.2, 0) is 6.42 Å². The molecule has 1 aromatic rings. The predicted molar refractivity (Wildman–Crippen MR) is 96.0 cm³/mol. The van der Waals surface area contributed by atoms with Gasteiger partial charge < -0.3 is 15.1 Å². The number of nitrogens with one attached hydrogen (secondary N) is 1. The second kappa shape index (κ2) is 7.32. The minimum Gasteiger partial charge on any atom is -0.334 e. The summed E-state index contributed by atoms with van der Waals surface area (Å²) in [4.78, 5) is 17.2. The third-order valence-electron chi connectivity index (χ3n) is 6.16. The van der Waals surface area contributed by atoms with Crippen molar-refractivity contribution in [3.63, 3.8) is 0 Å². The van der Waals surface area contributed by atoms with Gasteiger partial charge in [-0.3, -0.25) is 0 Å². The maximum absolute atomic E-state index is 13.0. The van der Waals surface area contributed by atoms with Crippen LogP contribution in [0.15, 0.2) is 24.3 Å². The summed E-state index contributed by atoms with van der Waals surface area (Å²) in [5.41, 5.74) is 1.17. The van der Waals surface area contributed by atoms with E-state index in [9.17, 15) is 9.18 Å². The smallest absolute Gasteiger partial charge is 0.318 e. The van der Waals surface area contributed by atoms with Gasteiger partial charge in [0.05, 0.1) is 0 Å². The molecule has 4 nitrogen and oxygen atoms in total. The number of hydrogen-bond acceptors (Lipinski definition) is 2. The van der Waals surface area contributed by atoms with E-state index in [2.05, 4.69) is 15.1 Å². The topological polar surface area (TPSA) is 35.6 Å². The van der Waals surface area contributed by atoms with E-state index >= 15 is 0 Å². The number of benzene rings is 1. The molecule has 0 radical (unpaired) electrons. The number of halogens is 1. The van der Waals surface area contributed by atoms with Crippen LogP contribution in [0.3, 0.4) is 0 Å². The third-order valence-corrected chi connectivity index (χ3v) is 6.16. The summed E-state index contributed by atoms with van der Waals surface area (Å²) in [6, 6.07) is 8.15. The molecule has 3 aliphatic heterocycles. The third kappa shape index (κ3) is 3.81. The Morgan fingerprint density at radius 1 is 1.08 bits per heavy atom. The van der Waals surface area contributed by atoms with Crippen molar-refractivity contribution in [3.8, 4) is 0 Å². The summed E-state index contributed by atoms with van der Waals surface area (Å²) in [7, 11) is 0. The first-order chi connectivity index (χ1) is 12.2. The van der Waals surface area contributed by atoms with Crippen LogP contribution in [0, 0.1) is 5.82 Å². The number of piperidine rings is 1. The molecular weight excluding hydrogens is 317 g/mol. The molecule has 2 amide bonds. The number of nitrogens with zero attached hydrogens (tertiary/aromatic N) is 2. The van der Waals surface area contributed by atoms with Crippen LogP contribution >= 0.6 is 0 Å². The van der Waals surface area contributed by atoms with E-state index in [-0.39, 0.29) is 17.9 Å². The Morgan fingerprint density at radius 2 is 1.80 bits per heavy atom. The largest absolute Gasteiger partial charge is 0.334 e. The van der Waals surface area contributed by atoms with Gasteiger partial charge in [0.1, 0.15) is 5.82 Å². The van der Waals surface area contributed by atoms with Gasteiger partial charge in [-0.05, 0) is 62.6 Å². The second-order valence-corrected chi connectivity index (χ2v) is 7.84. The Kier molecular flexibility index (Phi) is 4.93. The molecular formula is C20H28FN3O. The molecule has 2 unspecified atom stereocenters. The predicted octanol–water partition coefficient (Wildman–Crippen LogP) is 3.17. The number of carbonyl (C=O) groups is 1. The molecule has 3 atom stereocenters. The summed E-state index contributed by atoms with van der Waals surface area (Å²) in [5, 5.41) is 3.28. The molecule has 1 N–H and O–H groups in total. The molecule has 0 aliphatic carbocycles. The van der Waals surface area contributed by atoms with Gasteiger partial charge in [-0.15, -0.1) is 0 Å². The first-order valence-electron chi connectivity index (χ1n) is 9.74. The average Bonchev–Trinajstić information content (AvgIpc) is 3.16. The van der Waals surface area contributed by atoms with Gasteiger partial charge >= 0.3 is 6.03 Å². The van der Waals surface area contributed by atoms with Crippen molar-refractivity contribution < 1.29 is 9.18 Å². The van der Waals surface area contributed by atoms with Crippen LogP contribution in [0.1, 0.15) is 44.1 Å². The minimum atomic E-state index is -0.181. The van der Waals surface area contributed by atoms with Crippen molar-refractivity contribution >= 4 is 6.03 Å². The highest BCUT2D eigenvalue weighted by molar-refractivity contribution is 5.75. The molecule has 3 aliphatic rings. The lowest BCUT2D eigenvalue weighted by Gasteiger charge is -2.35. The number of carbonyl (C=O) groups excluding carboxylic acids is 1. The normalized spacial score (nSPS) is 29.2. The fourth-order valence-corrected chi connectivity index (χ4v) is 4.79. The highest BCUT2D eigenvalue weighted by Crippen LogP contribution is 2.35. The van der Waals surface area contributed by atoms with Crippen LogP contribution < -0.4 is 5.32 Å². The maximum atomic E-state index is 13.0. The standard InChI is InChI=1S/C20H28FN3O/c21-16-6-4-15(5-7-16)10-12-23-13-11-17(14-23)22-20(25)24-18-2-1-3-19(24)9-8-18/h4-7,17-19H,1-3,8-14H2,(H,22,25)/t17-,18?,19?/m0/s1. The van der Waals surface area contributed by atoms with Crippen LogP contribution in [0.2, 0.25) is 0 Å². The molecule has 136 valence electrons. The van der Waals surface area contributed by atoms with Crippen molar-refractivity contribution in [1.29, 1.82) is 0 Å². The molecule has 1 aromatic carbocycles. The van der Waals surface area contributed by atoms with Crippen molar-refractivity contribution in [1.82, 2.24) is 15.1 Å². The maximum Gasteiger partial charge on any atom is 0.318 e. The molecule has 4 rings (SSSR count). The van der Waals surface area contributed by atoms with E-state index in [1.165, 1.54) is 49.8 Å².